The van der Waals surface area contributed by atoms with Crippen molar-refractivity contribution >= 4 is 16.2 Å². The molecule has 0 bridgehead atoms. The molecule has 0 aromatic heterocycles. The number of aliphatic hydroxyl groups excluding tert-OH is 1. The Morgan fingerprint density at radius 3 is 2.77 bits per heavy atom. The minimum atomic E-state index is -4.16. The molecule has 4 rings (SSSR count). The maximum atomic E-state index is 12.1. The second kappa shape index (κ2) is 8.15. The molecular formula is C23H33NO5S. The van der Waals surface area contributed by atoms with Gasteiger partial charge < -0.3 is 9.29 Å². The van der Waals surface area contributed by atoms with E-state index < -0.39 is 16.2 Å². The number of nitrogens with one attached hydrogen (secondary N) is 1. The van der Waals surface area contributed by atoms with Gasteiger partial charge in [-0.15, -0.1) is 0 Å². The van der Waals surface area contributed by atoms with Crippen LogP contribution in [0, 0.1) is 17.3 Å². The van der Waals surface area contributed by atoms with Crippen LogP contribution in [0.1, 0.15) is 82.3 Å². The van der Waals surface area contributed by atoms with Crippen molar-refractivity contribution in [2.45, 2.75) is 83.7 Å². The first-order valence-corrected chi connectivity index (χ1v) is 12.8. The molecule has 0 spiro atoms. The minimum absolute atomic E-state index is 0.0898. The molecule has 0 saturated heterocycles. The molecule has 2 saturated carbocycles. The first-order chi connectivity index (χ1) is 14.3. The van der Waals surface area contributed by atoms with E-state index in [0.29, 0.717) is 24.2 Å². The van der Waals surface area contributed by atoms with E-state index in [0.717, 1.165) is 50.5 Å². The molecule has 166 valence electrons. The largest absolute Gasteiger partial charge is 0.409 e. The monoisotopic (exact) mass is 435 g/mol. The fourth-order valence-electron chi connectivity index (χ4n) is 6.63. The van der Waals surface area contributed by atoms with Gasteiger partial charge in [0.25, 0.3) is 0 Å². The van der Waals surface area contributed by atoms with Crippen molar-refractivity contribution in [3.05, 3.63) is 29.3 Å². The van der Waals surface area contributed by atoms with E-state index in [1.807, 2.05) is 23.8 Å². The summed E-state index contributed by atoms with van der Waals surface area (Å²) in [5, 5.41) is 10.7. The smallest absolute Gasteiger partial charge is 0.393 e. The van der Waals surface area contributed by atoms with Crippen LogP contribution in [0.25, 0.3) is 0 Å². The lowest BCUT2D eigenvalue weighted by Crippen LogP contribution is -2.45. The topological polar surface area (TPSA) is 92.7 Å². The Kier molecular flexibility index (Phi) is 5.88. The van der Waals surface area contributed by atoms with Crippen LogP contribution < -0.4 is 8.91 Å². The first-order valence-electron chi connectivity index (χ1n) is 11.4. The summed E-state index contributed by atoms with van der Waals surface area (Å²) in [4.78, 5) is 11.6. The second-order valence-electron chi connectivity index (χ2n) is 9.31. The normalized spacial score (nSPS) is 32.6. The maximum absolute atomic E-state index is 12.1. The summed E-state index contributed by atoms with van der Waals surface area (Å²) in [6, 6.07) is 5.53. The highest BCUT2D eigenvalue weighted by Gasteiger charge is 2.55. The zero-order valence-electron chi connectivity index (χ0n) is 17.9. The Bertz CT molecular complexity index is 914. The molecule has 3 aliphatic carbocycles. The average Bonchev–Trinajstić information content (AvgIpc) is 3.04. The van der Waals surface area contributed by atoms with Crippen LogP contribution in [0.2, 0.25) is 0 Å². The van der Waals surface area contributed by atoms with Crippen molar-refractivity contribution in [1.29, 1.82) is 0 Å². The molecule has 0 aliphatic heterocycles. The lowest BCUT2D eigenvalue weighted by molar-refractivity contribution is -0.119. The third-order valence-electron chi connectivity index (χ3n) is 7.95. The summed E-state index contributed by atoms with van der Waals surface area (Å²) in [7, 11) is -4.16. The van der Waals surface area contributed by atoms with E-state index >= 15 is 0 Å². The van der Waals surface area contributed by atoms with Gasteiger partial charge in [0.05, 0.1) is 6.10 Å². The van der Waals surface area contributed by atoms with Crippen molar-refractivity contribution in [3.8, 4) is 5.75 Å². The molecule has 5 atom stereocenters. The summed E-state index contributed by atoms with van der Waals surface area (Å²) >= 11 is 0. The first kappa shape index (κ1) is 21.6. The second-order valence-corrected chi connectivity index (χ2v) is 10.6. The number of hydrogen-bond acceptors (Lipinski definition) is 5. The zero-order valence-corrected chi connectivity index (χ0v) is 18.7. The number of benzene rings is 1. The molecule has 1 amide bonds. The van der Waals surface area contributed by atoms with Gasteiger partial charge >= 0.3 is 10.3 Å². The van der Waals surface area contributed by atoms with Crippen LogP contribution in [0.3, 0.4) is 0 Å². The third kappa shape index (κ3) is 3.75. The van der Waals surface area contributed by atoms with Gasteiger partial charge in [0.2, 0.25) is 5.91 Å². The number of carbonyl (C=O) groups is 1. The minimum Gasteiger partial charge on any atom is -0.393 e. The Morgan fingerprint density at radius 2 is 2.03 bits per heavy atom. The Hall–Kier alpha value is -1.60. The summed E-state index contributed by atoms with van der Waals surface area (Å²) in [5.41, 5.74) is 2.54. The molecule has 7 heteroatoms. The van der Waals surface area contributed by atoms with Crippen LogP contribution in [0.4, 0.5) is 0 Å². The number of rotatable bonds is 6. The zero-order chi connectivity index (χ0) is 21.5. The molecule has 6 nitrogen and oxygen atoms in total. The summed E-state index contributed by atoms with van der Waals surface area (Å²) in [6.07, 6.45) is 7.72. The van der Waals surface area contributed by atoms with Crippen LogP contribution in [0.15, 0.2) is 18.2 Å². The van der Waals surface area contributed by atoms with Crippen molar-refractivity contribution in [2.75, 3.05) is 0 Å². The van der Waals surface area contributed by atoms with Crippen molar-refractivity contribution < 1.29 is 22.5 Å². The molecule has 30 heavy (non-hydrogen) atoms. The van der Waals surface area contributed by atoms with E-state index in [9.17, 15) is 18.3 Å². The van der Waals surface area contributed by atoms with Gasteiger partial charge in [-0.25, -0.2) is 4.72 Å². The lowest BCUT2D eigenvalue weighted by Gasteiger charge is -2.51. The average molecular weight is 436 g/mol. The van der Waals surface area contributed by atoms with Gasteiger partial charge in [0.15, 0.2) is 0 Å². The molecule has 2 N–H and O–H groups in total. The van der Waals surface area contributed by atoms with Gasteiger partial charge in [0, 0.05) is 6.42 Å². The Labute approximate surface area is 179 Å². The van der Waals surface area contributed by atoms with Crippen molar-refractivity contribution in [2.24, 2.45) is 17.3 Å². The van der Waals surface area contributed by atoms with Gasteiger partial charge in [-0.2, -0.15) is 8.42 Å². The number of aryl methyl sites for hydroxylation is 1. The molecular weight excluding hydrogens is 402 g/mol. The molecule has 0 radical (unpaired) electrons. The summed E-state index contributed by atoms with van der Waals surface area (Å²) in [5.74, 6) is 1.33. The van der Waals surface area contributed by atoms with Crippen LogP contribution >= 0.6 is 0 Å². The van der Waals surface area contributed by atoms with Gasteiger partial charge in [-0.1, -0.05) is 19.9 Å². The number of fused-ring (bicyclic) bond motifs is 5. The van der Waals surface area contributed by atoms with Crippen molar-refractivity contribution in [3.63, 3.8) is 0 Å². The molecule has 1 aromatic carbocycles. The summed E-state index contributed by atoms with van der Waals surface area (Å²) in [6.45, 7) is 4.04. The molecule has 1 aromatic rings. The van der Waals surface area contributed by atoms with E-state index in [1.54, 1.807) is 6.07 Å². The Balaban J connectivity index is 1.52. The molecule has 5 unspecified atom stereocenters. The van der Waals surface area contributed by atoms with Gasteiger partial charge in [0.1, 0.15) is 5.75 Å². The van der Waals surface area contributed by atoms with E-state index in [2.05, 4.69) is 6.92 Å². The Morgan fingerprint density at radius 1 is 1.23 bits per heavy atom. The lowest BCUT2D eigenvalue weighted by atomic mass is 9.54. The van der Waals surface area contributed by atoms with Crippen LogP contribution in [0.5, 0.6) is 5.75 Å². The SMILES string of the molecule is CCCC(=O)NS(=O)(=O)Oc1ccc2c(c1)CCC1C2CCC2(CC)C(O)CCC12. The van der Waals surface area contributed by atoms with E-state index in [4.69, 9.17) is 4.18 Å². The maximum Gasteiger partial charge on any atom is 0.409 e. The summed E-state index contributed by atoms with van der Waals surface area (Å²) < 4.78 is 31.4. The fourth-order valence-corrected chi connectivity index (χ4v) is 7.41. The highest BCUT2D eigenvalue weighted by atomic mass is 32.2. The van der Waals surface area contributed by atoms with E-state index in [1.165, 1.54) is 5.56 Å². The van der Waals surface area contributed by atoms with Crippen molar-refractivity contribution in [1.82, 2.24) is 4.72 Å². The predicted octanol–water partition coefficient (Wildman–Crippen LogP) is 3.83. The number of hydrogen-bond donors (Lipinski definition) is 2. The van der Waals surface area contributed by atoms with Crippen LogP contribution in [-0.4, -0.2) is 25.5 Å². The standard InChI is InChI=1S/C23H33NO5S/c1-3-5-22(26)24-30(27,28)29-16-7-9-17-15(14-16)6-8-19-18(17)12-13-23(4-2)20(19)10-11-21(23)25/h7,9,14,18-21,25H,3-6,8,10-13H2,1-2H3,(H,24,26). The number of carbonyl (C=O) groups excluding carboxylic acids is 1. The van der Waals surface area contributed by atoms with Crippen LogP contribution in [-0.2, 0) is 21.5 Å². The molecule has 0 heterocycles. The highest BCUT2D eigenvalue weighted by Crippen LogP contribution is 2.62. The van der Waals surface area contributed by atoms with Gasteiger partial charge in [-0.3, -0.25) is 4.79 Å². The number of amides is 1. The molecule has 3 aliphatic rings. The molecule has 2 fully saturated rings. The number of aliphatic hydroxyl groups is 1. The fraction of sp³-hybridized carbons (Fsp3) is 0.696. The van der Waals surface area contributed by atoms with Gasteiger partial charge in [-0.05, 0) is 97.8 Å². The third-order valence-corrected chi connectivity index (χ3v) is 8.84. The van der Waals surface area contributed by atoms with E-state index in [-0.39, 0.29) is 23.7 Å². The highest BCUT2D eigenvalue weighted by molar-refractivity contribution is 7.85. The quantitative estimate of drug-likeness (QED) is 0.708. The predicted molar refractivity (Wildman–Crippen MR) is 114 cm³/mol.